The van der Waals surface area contributed by atoms with Crippen molar-refractivity contribution in [2.75, 3.05) is 12.4 Å². The highest BCUT2D eigenvalue weighted by molar-refractivity contribution is 8.00. The van der Waals surface area contributed by atoms with Gasteiger partial charge < -0.3 is 4.74 Å². The van der Waals surface area contributed by atoms with Gasteiger partial charge >= 0.3 is 0 Å². The SMILES string of the molecule is C[C@@H]1CCCC2OCCSC21. The first-order valence-corrected chi connectivity index (χ1v) is 5.66. The van der Waals surface area contributed by atoms with E-state index in [1.807, 2.05) is 0 Å². The minimum Gasteiger partial charge on any atom is -0.376 e. The van der Waals surface area contributed by atoms with E-state index in [0.717, 1.165) is 17.8 Å². The molecule has 0 spiro atoms. The van der Waals surface area contributed by atoms with E-state index in [9.17, 15) is 0 Å². The third-order valence-corrected chi connectivity index (χ3v) is 4.36. The summed E-state index contributed by atoms with van der Waals surface area (Å²) in [5.41, 5.74) is 0. The summed E-state index contributed by atoms with van der Waals surface area (Å²) < 4.78 is 5.73. The molecule has 64 valence electrons. The molecule has 0 N–H and O–H groups in total. The minimum absolute atomic E-state index is 0.595. The molecular formula is C9H16OS. The molecule has 1 aliphatic carbocycles. The zero-order chi connectivity index (χ0) is 7.68. The summed E-state index contributed by atoms with van der Waals surface area (Å²) in [4.78, 5) is 0. The van der Waals surface area contributed by atoms with Crippen LogP contribution in [0.4, 0.5) is 0 Å². The molecule has 1 nitrogen and oxygen atoms in total. The lowest BCUT2D eigenvalue weighted by Crippen LogP contribution is -2.39. The Morgan fingerprint density at radius 3 is 3.09 bits per heavy atom. The highest BCUT2D eigenvalue weighted by atomic mass is 32.2. The van der Waals surface area contributed by atoms with Crippen LogP contribution in [0.2, 0.25) is 0 Å². The van der Waals surface area contributed by atoms with Gasteiger partial charge in [-0.25, -0.2) is 0 Å². The lowest BCUT2D eigenvalue weighted by atomic mass is 9.88. The minimum atomic E-state index is 0.595. The van der Waals surface area contributed by atoms with Crippen LogP contribution in [0.5, 0.6) is 0 Å². The van der Waals surface area contributed by atoms with Crippen molar-refractivity contribution in [3.8, 4) is 0 Å². The summed E-state index contributed by atoms with van der Waals surface area (Å²) in [7, 11) is 0. The normalized spacial score (nSPS) is 45.0. The fourth-order valence-electron chi connectivity index (χ4n) is 2.17. The molecule has 1 saturated carbocycles. The first-order valence-electron chi connectivity index (χ1n) is 4.61. The molecule has 2 rings (SSSR count). The summed E-state index contributed by atoms with van der Waals surface area (Å²) in [6.07, 6.45) is 4.69. The van der Waals surface area contributed by atoms with Gasteiger partial charge in [-0.05, 0) is 18.8 Å². The third-order valence-electron chi connectivity index (χ3n) is 2.80. The van der Waals surface area contributed by atoms with Crippen LogP contribution in [-0.2, 0) is 4.74 Å². The summed E-state index contributed by atoms with van der Waals surface area (Å²) in [5, 5.41) is 0.817. The molecule has 3 atom stereocenters. The number of hydrogen-bond donors (Lipinski definition) is 0. The quantitative estimate of drug-likeness (QED) is 0.554. The molecule has 0 bridgehead atoms. The Morgan fingerprint density at radius 2 is 2.27 bits per heavy atom. The molecule has 0 aromatic carbocycles. The zero-order valence-corrected chi connectivity index (χ0v) is 7.90. The second-order valence-corrected chi connectivity index (χ2v) is 4.94. The first kappa shape index (κ1) is 7.93. The lowest BCUT2D eigenvalue weighted by molar-refractivity contribution is 0.0229. The highest BCUT2D eigenvalue weighted by Gasteiger charge is 2.33. The summed E-state index contributed by atoms with van der Waals surface area (Å²) in [5.74, 6) is 2.10. The van der Waals surface area contributed by atoms with E-state index in [4.69, 9.17) is 4.74 Å². The van der Waals surface area contributed by atoms with Gasteiger partial charge in [-0.1, -0.05) is 13.3 Å². The van der Waals surface area contributed by atoms with Crippen LogP contribution < -0.4 is 0 Å². The third kappa shape index (κ3) is 1.57. The van der Waals surface area contributed by atoms with E-state index in [2.05, 4.69) is 18.7 Å². The summed E-state index contributed by atoms with van der Waals surface area (Å²) >= 11 is 2.13. The molecule has 1 saturated heterocycles. The number of ether oxygens (including phenoxy) is 1. The Labute approximate surface area is 72.9 Å². The molecule has 0 radical (unpaired) electrons. The van der Waals surface area contributed by atoms with Crippen molar-refractivity contribution < 1.29 is 4.74 Å². The molecule has 1 aliphatic heterocycles. The van der Waals surface area contributed by atoms with Gasteiger partial charge in [0.2, 0.25) is 0 Å². The molecule has 11 heavy (non-hydrogen) atoms. The van der Waals surface area contributed by atoms with E-state index in [0.29, 0.717) is 6.10 Å². The van der Waals surface area contributed by atoms with Gasteiger partial charge in [-0.2, -0.15) is 11.8 Å². The molecule has 0 aromatic rings. The Kier molecular flexibility index (Phi) is 2.42. The van der Waals surface area contributed by atoms with Crippen LogP contribution in [0.15, 0.2) is 0 Å². The number of hydrogen-bond acceptors (Lipinski definition) is 2. The Bertz CT molecular complexity index is 136. The van der Waals surface area contributed by atoms with Gasteiger partial charge in [-0.15, -0.1) is 0 Å². The molecule has 0 amide bonds. The zero-order valence-electron chi connectivity index (χ0n) is 7.08. The fraction of sp³-hybridized carbons (Fsp3) is 1.00. The van der Waals surface area contributed by atoms with Gasteiger partial charge in [0, 0.05) is 11.0 Å². The Morgan fingerprint density at radius 1 is 1.36 bits per heavy atom. The maximum Gasteiger partial charge on any atom is 0.0696 e. The van der Waals surface area contributed by atoms with Gasteiger partial charge in [0.15, 0.2) is 0 Å². The predicted molar refractivity (Wildman–Crippen MR) is 49.0 cm³/mol. The van der Waals surface area contributed by atoms with Gasteiger partial charge in [0.1, 0.15) is 0 Å². The predicted octanol–water partition coefficient (Wildman–Crippen LogP) is 2.31. The van der Waals surface area contributed by atoms with Crippen molar-refractivity contribution in [2.24, 2.45) is 5.92 Å². The van der Waals surface area contributed by atoms with Crippen molar-refractivity contribution in [1.29, 1.82) is 0 Å². The van der Waals surface area contributed by atoms with E-state index >= 15 is 0 Å². The molecule has 2 unspecified atom stereocenters. The van der Waals surface area contributed by atoms with Gasteiger partial charge in [0.25, 0.3) is 0 Å². The summed E-state index contributed by atoms with van der Waals surface area (Å²) in [6, 6.07) is 0. The van der Waals surface area contributed by atoms with E-state index < -0.39 is 0 Å². The maximum atomic E-state index is 5.73. The molecule has 1 heterocycles. The number of rotatable bonds is 0. The van der Waals surface area contributed by atoms with Gasteiger partial charge in [0.05, 0.1) is 12.7 Å². The molecule has 0 aromatic heterocycles. The smallest absolute Gasteiger partial charge is 0.0696 e. The molecule has 2 fully saturated rings. The molecule has 2 aliphatic rings. The maximum absolute atomic E-state index is 5.73. The van der Waals surface area contributed by atoms with Crippen LogP contribution in [-0.4, -0.2) is 23.7 Å². The van der Waals surface area contributed by atoms with Crippen LogP contribution in [0, 0.1) is 5.92 Å². The van der Waals surface area contributed by atoms with Crippen LogP contribution in [0.25, 0.3) is 0 Å². The molecular weight excluding hydrogens is 156 g/mol. The lowest BCUT2D eigenvalue weighted by Gasteiger charge is -2.39. The molecule has 2 heteroatoms. The number of fused-ring (bicyclic) bond motifs is 1. The van der Waals surface area contributed by atoms with Crippen molar-refractivity contribution in [1.82, 2.24) is 0 Å². The van der Waals surface area contributed by atoms with Crippen molar-refractivity contribution in [2.45, 2.75) is 37.5 Å². The second kappa shape index (κ2) is 3.36. The Balaban J connectivity index is 1.99. The van der Waals surface area contributed by atoms with Crippen molar-refractivity contribution in [3.05, 3.63) is 0 Å². The second-order valence-electron chi connectivity index (χ2n) is 3.65. The fourth-order valence-corrected chi connectivity index (χ4v) is 3.53. The largest absolute Gasteiger partial charge is 0.376 e. The van der Waals surface area contributed by atoms with Crippen molar-refractivity contribution >= 4 is 11.8 Å². The number of thioether (sulfide) groups is 1. The topological polar surface area (TPSA) is 9.23 Å². The van der Waals surface area contributed by atoms with E-state index in [1.54, 1.807) is 0 Å². The van der Waals surface area contributed by atoms with E-state index in [-0.39, 0.29) is 0 Å². The highest BCUT2D eigenvalue weighted by Crippen LogP contribution is 2.37. The average molecular weight is 172 g/mol. The Hall–Kier alpha value is 0.310. The standard InChI is InChI=1S/C9H16OS/c1-7-3-2-4-8-9(7)11-6-5-10-8/h7-9H,2-6H2,1H3/t7-,8?,9?/m1/s1. The summed E-state index contributed by atoms with van der Waals surface area (Å²) in [6.45, 7) is 3.36. The van der Waals surface area contributed by atoms with Crippen LogP contribution in [0.1, 0.15) is 26.2 Å². The van der Waals surface area contributed by atoms with Crippen LogP contribution >= 0.6 is 11.8 Å². The van der Waals surface area contributed by atoms with Crippen molar-refractivity contribution in [3.63, 3.8) is 0 Å². The van der Waals surface area contributed by atoms with E-state index in [1.165, 1.54) is 25.0 Å². The monoisotopic (exact) mass is 172 g/mol. The van der Waals surface area contributed by atoms with Crippen LogP contribution in [0.3, 0.4) is 0 Å². The van der Waals surface area contributed by atoms with Gasteiger partial charge in [-0.3, -0.25) is 0 Å². The first-order chi connectivity index (χ1) is 5.38. The average Bonchev–Trinajstić information content (AvgIpc) is 2.06.